The van der Waals surface area contributed by atoms with Gasteiger partial charge in [-0.15, -0.1) is 0 Å². The molecule has 0 aromatic heterocycles. The van der Waals surface area contributed by atoms with Crippen molar-refractivity contribution in [2.75, 3.05) is 13.2 Å². The lowest BCUT2D eigenvalue weighted by atomic mass is 9.97. The van der Waals surface area contributed by atoms with Crippen LogP contribution in [0.1, 0.15) is 47.0 Å². The van der Waals surface area contributed by atoms with E-state index in [1.807, 2.05) is 6.92 Å². The van der Waals surface area contributed by atoms with Crippen LogP contribution in [0.15, 0.2) is 12.2 Å². The third-order valence-electron chi connectivity index (χ3n) is 2.98. The van der Waals surface area contributed by atoms with Crippen molar-refractivity contribution >= 4 is 5.97 Å². The van der Waals surface area contributed by atoms with Crippen LogP contribution in [0.3, 0.4) is 0 Å². The quantitative estimate of drug-likeness (QED) is 0.365. The highest BCUT2D eigenvalue weighted by atomic mass is 16.6. The van der Waals surface area contributed by atoms with Gasteiger partial charge in [0.1, 0.15) is 0 Å². The second-order valence-electron chi connectivity index (χ2n) is 5.53. The molecule has 0 fully saturated rings. The zero-order chi connectivity index (χ0) is 15.8. The molecule has 0 bridgehead atoms. The van der Waals surface area contributed by atoms with Gasteiger partial charge in [-0.25, -0.2) is 4.79 Å². The highest BCUT2D eigenvalue weighted by molar-refractivity contribution is 5.87. The topological polar surface area (TPSA) is 81.8 Å². The summed E-state index contributed by atoms with van der Waals surface area (Å²) >= 11 is 0. The van der Waals surface area contributed by atoms with Gasteiger partial charge in [-0.05, 0) is 52.5 Å². The molecular weight excluding hydrogens is 258 g/mol. The Kier molecular flexibility index (Phi) is 8.69. The Hall–Kier alpha value is -0.910. The molecule has 2 atom stereocenters. The van der Waals surface area contributed by atoms with Crippen LogP contribution in [0.4, 0.5) is 0 Å². The van der Waals surface area contributed by atoms with E-state index in [2.05, 4.69) is 6.58 Å². The van der Waals surface area contributed by atoms with Crippen LogP contribution in [0.2, 0.25) is 0 Å². The second kappa shape index (κ2) is 9.10. The van der Waals surface area contributed by atoms with Crippen molar-refractivity contribution in [3.63, 3.8) is 0 Å². The van der Waals surface area contributed by atoms with E-state index in [4.69, 9.17) is 15.2 Å². The van der Waals surface area contributed by atoms with Gasteiger partial charge >= 0.3 is 5.97 Å². The van der Waals surface area contributed by atoms with Crippen molar-refractivity contribution in [2.24, 2.45) is 11.7 Å². The second-order valence-corrected chi connectivity index (χ2v) is 5.53. The van der Waals surface area contributed by atoms with Gasteiger partial charge < -0.3 is 20.3 Å². The number of carbonyl (C=O) groups excluding carboxylic acids is 1. The predicted octanol–water partition coefficient (Wildman–Crippen LogP) is 1.98. The van der Waals surface area contributed by atoms with E-state index in [9.17, 15) is 9.90 Å². The van der Waals surface area contributed by atoms with E-state index in [1.165, 1.54) is 0 Å². The minimum Gasteiger partial charge on any atom is -0.463 e. The summed E-state index contributed by atoms with van der Waals surface area (Å²) in [5.41, 5.74) is 6.12. The number of esters is 1. The third kappa shape index (κ3) is 8.30. The summed E-state index contributed by atoms with van der Waals surface area (Å²) < 4.78 is 10.5. The first kappa shape index (κ1) is 19.1. The molecule has 0 heterocycles. The van der Waals surface area contributed by atoms with Crippen LogP contribution in [-0.4, -0.2) is 36.1 Å². The summed E-state index contributed by atoms with van der Waals surface area (Å²) in [4.78, 5) is 11.4. The number of rotatable bonds is 10. The first-order valence-corrected chi connectivity index (χ1v) is 7.16. The molecule has 0 aromatic carbocycles. The van der Waals surface area contributed by atoms with Crippen LogP contribution in [-0.2, 0) is 14.3 Å². The van der Waals surface area contributed by atoms with Crippen molar-refractivity contribution in [3.05, 3.63) is 12.2 Å². The molecule has 0 saturated heterocycles. The maximum Gasteiger partial charge on any atom is 0.333 e. The number of nitrogens with two attached hydrogens (primary N) is 1. The Balaban J connectivity index is 4.27. The summed E-state index contributed by atoms with van der Waals surface area (Å²) in [5, 5.41) is 9.74. The van der Waals surface area contributed by atoms with Crippen molar-refractivity contribution in [1.82, 2.24) is 0 Å². The zero-order valence-corrected chi connectivity index (χ0v) is 13.1. The molecule has 0 aliphatic heterocycles. The molecule has 20 heavy (non-hydrogen) atoms. The highest BCUT2D eigenvalue weighted by Crippen LogP contribution is 2.21. The standard InChI is InChI=1S/C15H29NO4/c1-6-19-14(17)11(2)8-7-9-13(12(3)10-16)20-15(4,5)18/h12-13,18H,2,6-10,16H2,1,3-5H3/t12-,13+/m1/s1. The van der Waals surface area contributed by atoms with Crippen LogP contribution in [0.5, 0.6) is 0 Å². The molecule has 0 aliphatic carbocycles. The molecule has 118 valence electrons. The largest absolute Gasteiger partial charge is 0.463 e. The van der Waals surface area contributed by atoms with Gasteiger partial charge in [0.2, 0.25) is 0 Å². The number of hydrogen-bond acceptors (Lipinski definition) is 5. The molecule has 5 heteroatoms. The van der Waals surface area contributed by atoms with Gasteiger partial charge in [-0.1, -0.05) is 13.5 Å². The van der Waals surface area contributed by atoms with E-state index < -0.39 is 5.79 Å². The Morgan fingerprint density at radius 3 is 2.50 bits per heavy atom. The van der Waals surface area contributed by atoms with E-state index in [0.29, 0.717) is 31.6 Å². The average Bonchev–Trinajstić information content (AvgIpc) is 2.35. The lowest BCUT2D eigenvalue weighted by molar-refractivity contribution is -0.216. The molecule has 0 unspecified atom stereocenters. The van der Waals surface area contributed by atoms with Gasteiger partial charge in [0.15, 0.2) is 5.79 Å². The zero-order valence-electron chi connectivity index (χ0n) is 13.1. The van der Waals surface area contributed by atoms with Gasteiger partial charge in [-0.2, -0.15) is 0 Å². The van der Waals surface area contributed by atoms with E-state index >= 15 is 0 Å². The monoisotopic (exact) mass is 287 g/mol. The molecule has 0 saturated carbocycles. The number of carbonyl (C=O) groups is 1. The summed E-state index contributed by atoms with van der Waals surface area (Å²) in [7, 11) is 0. The SMILES string of the molecule is C=C(CCC[C@H](OC(C)(C)O)[C@H](C)CN)C(=O)OCC. The molecule has 0 radical (unpaired) electrons. The maximum absolute atomic E-state index is 11.4. The normalized spacial score (nSPS) is 14.7. The van der Waals surface area contributed by atoms with Crippen LogP contribution in [0, 0.1) is 5.92 Å². The van der Waals surface area contributed by atoms with Crippen molar-refractivity contribution in [3.8, 4) is 0 Å². The lowest BCUT2D eigenvalue weighted by Crippen LogP contribution is -2.36. The summed E-state index contributed by atoms with van der Waals surface area (Å²) in [6, 6.07) is 0. The minimum atomic E-state index is -1.19. The molecular formula is C15H29NO4. The third-order valence-corrected chi connectivity index (χ3v) is 2.98. The summed E-state index contributed by atoms with van der Waals surface area (Å²) in [6.07, 6.45) is 1.86. The summed E-state index contributed by atoms with van der Waals surface area (Å²) in [5.74, 6) is -1.40. The smallest absolute Gasteiger partial charge is 0.333 e. The van der Waals surface area contributed by atoms with Crippen molar-refractivity contribution in [2.45, 2.75) is 58.8 Å². The first-order chi connectivity index (χ1) is 9.21. The predicted molar refractivity (Wildman–Crippen MR) is 79.0 cm³/mol. The van der Waals surface area contributed by atoms with Gasteiger partial charge in [0.05, 0.1) is 12.7 Å². The molecule has 0 rings (SSSR count). The average molecular weight is 287 g/mol. The minimum absolute atomic E-state index is 0.136. The first-order valence-electron chi connectivity index (χ1n) is 7.16. The molecule has 0 aromatic rings. The lowest BCUT2D eigenvalue weighted by Gasteiger charge is -2.30. The van der Waals surface area contributed by atoms with E-state index in [1.54, 1.807) is 20.8 Å². The van der Waals surface area contributed by atoms with Crippen LogP contribution < -0.4 is 5.73 Å². The fraction of sp³-hybridized carbons (Fsp3) is 0.800. The molecule has 0 aliphatic rings. The highest BCUT2D eigenvalue weighted by Gasteiger charge is 2.24. The number of hydrogen-bond donors (Lipinski definition) is 2. The van der Waals surface area contributed by atoms with Crippen LogP contribution in [0.25, 0.3) is 0 Å². The Bertz CT molecular complexity index is 309. The number of aliphatic hydroxyl groups is 1. The van der Waals surface area contributed by atoms with Crippen molar-refractivity contribution < 1.29 is 19.4 Å². The van der Waals surface area contributed by atoms with Gasteiger partial charge in [-0.3, -0.25) is 0 Å². The maximum atomic E-state index is 11.4. The molecule has 0 amide bonds. The Morgan fingerprint density at radius 2 is 2.05 bits per heavy atom. The fourth-order valence-electron chi connectivity index (χ4n) is 1.83. The van der Waals surface area contributed by atoms with E-state index in [-0.39, 0.29) is 18.0 Å². The molecule has 0 spiro atoms. The van der Waals surface area contributed by atoms with E-state index in [0.717, 1.165) is 6.42 Å². The Labute approximate surface area is 122 Å². The molecule has 3 N–H and O–H groups in total. The summed E-state index contributed by atoms with van der Waals surface area (Å²) in [6.45, 7) is 11.5. The van der Waals surface area contributed by atoms with Gasteiger partial charge in [0.25, 0.3) is 0 Å². The Morgan fingerprint density at radius 1 is 1.45 bits per heavy atom. The number of ether oxygens (including phenoxy) is 2. The fourth-order valence-corrected chi connectivity index (χ4v) is 1.83. The van der Waals surface area contributed by atoms with Crippen molar-refractivity contribution in [1.29, 1.82) is 0 Å². The van der Waals surface area contributed by atoms with Crippen LogP contribution >= 0.6 is 0 Å². The molecule has 5 nitrogen and oxygen atoms in total. The van der Waals surface area contributed by atoms with Gasteiger partial charge in [0, 0.05) is 5.57 Å².